The Hall–Kier alpha value is -1.75. The lowest BCUT2D eigenvalue weighted by molar-refractivity contribution is 0.0949. The van der Waals surface area contributed by atoms with Crippen LogP contribution in [-0.2, 0) is 6.54 Å². The van der Waals surface area contributed by atoms with E-state index in [1.165, 1.54) is 0 Å². The smallest absolute Gasteiger partial charge is 0.254 e. The molecule has 0 spiro atoms. The van der Waals surface area contributed by atoms with Crippen LogP contribution in [0, 0.1) is 0 Å². The van der Waals surface area contributed by atoms with Gasteiger partial charge in [-0.05, 0) is 45.8 Å². The Bertz CT molecular complexity index is 516. The number of hydrogen-bond donors (Lipinski definition) is 1. The normalized spacial score (nSPS) is 9.94. The Kier molecular flexibility index (Phi) is 3.82. The van der Waals surface area contributed by atoms with Crippen LogP contribution >= 0.6 is 15.9 Å². The summed E-state index contributed by atoms with van der Waals surface area (Å²) in [6.45, 7) is 0.475. The predicted molar refractivity (Wildman–Crippen MR) is 67.3 cm³/mol. The molecule has 2 aromatic rings. The van der Waals surface area contributed by atoms with E-state index < -0.39 is 0 Å². The van der Waals surface area contributed by atoms with Gasteiger partial charge in [-0.1, -0.05) is 0 Å². The molecule has 5 heteroatoms. The molecular formula is C12H10BrN3O. The second kappa shape index (κ2) is 5.54. The number of nitrogens with zero attached hydrogens (tertiary/aromatic N) is 2. The van der Waals surface area contributed by atoms with E-state index in [0.717, 1.165) is 5.56 Å². The SMILES string of the molecule is O=C(NCc1ccncc1)c1cccnc1Br. The van der Waals surface area contributed by atoms with Gasteiger partial charge in [0.25, 0.3) is 5.91 Å². The third-order valence-corrected chi connectivity index (χ3v) is 2.84. The standard InChI is InChI=1S/C12H10BrN3O/c13-11-10(2-1-5-15-11)12(17)16-8-9-3-6-14-7-4-9/h1-7H,8H2,(H,16,17). The third kappa shape index (κ3) is 3.10. The van der Waals surface area contributed by atoms with Gasteiger partial charge in [0.2, 0.25) is 0 Å². The third-order valence-electron chi connectivity index (χ3n) is 2.21. The number of halogens is 1. The lowest BCUT2D eigenvalue weighted by Crippen LogP contribution is -2.23. The minimum atomic E-state index is -0.151. The molecule has 0 aliphatic rings. The molecule has 2 rings (SSSR count). The van der Waals surface area contributed by atoms with Crippen molar-refractivity contribution in [1.29, 1.82) is 0 Å². The molecule has 0 saturated heterocycles. The first kappa shape index (κ1) is 11.7. The summed E-state index contributed by atoms with van der Waals surface area (Å²) >= 11 is 3.24. The molecule has 0 unspecified atom stereocenters. The van der Waals surface area contributed by atoms with E-state index in [0.29, 0.717) is 16.7 Å². The number of nitrogens with one attached hydrogen (secondary N) is 1. The maximum Gasteiger partial charge on any atom is 0.254 e. The molecule has 0 bridgehead atoms. The number of pyridine rings is 2. The Labute approximate surface area is 107 Å². The van der Waals surface area contributed by atoms with E-state index in [9.17, 15) is 4.79 Å². The van der Waals surface area contributed by atoms with Crippen molar-refractivity contribution in [2.24, 2.45) is 0 Å². The van der Waals surface area contributed by atoms with Crippen LogP contribution in [0.25, 0.3) is 0 Å². The van der Waals surface area contributed by atoms with Gasteiger partial charge < -0.3 is 5.32 Å². The van der Waals surface area contributed by atoms with Crippen molar-refractivity contribution in [2.45, 2.75) is 6.54 Å². The van der Waals surface area contributed by atoms with Gasteiger partial charge in [-0.3, -0.25) is 9.78 Å². The van der Waals surface area contributed by atoms with Crippen LogP contribution in [0.15, 0.2) is 47.5 Å². The minimum Gasteiger partial charge on any atom is -0.348 e. The van der Waals surface area contributed by atoms with Crippen molar-refractivity contribution in [1.82, 2.24) is 15.3 Å². The average molecular weight is 292 g/mol. The molecule has 0 aromatic carbocycles. The molecule has 86 valence electrons. The van der Waals surface area contributed by atoms with Crippen LogP contribution in [0.2, 0.25) is 0 Å². The summed E-state index contributed by atoms with van der Waals surface area (Å²) in [5.41, 5.74) is 1.54. The lowest BCUT2D eigenvalue weighted by atomic mass is 10.2. The fourth-order valence-corrected chi connectivity index (χ4v) is 1.76. The zero-order valence-electron chi connectivity index (χ0n) is 8.93. The van der Waals surface area contributed by atoms with E-state index in [1.54, 1.807) is 30.7 Å². The highest BCUT2D eigenvalue weighted by Crippen LogP contribution is 2.12. The predicted octanol–water partition coefficient (Wildman–Crippen LogP) is 2.17. The second-order valence-corrected chi connectivity index (χ2v) is 4.13. The summed E-state index contributed by atoms with van der Waals surface area (Å²) in [5.74, 6) is -0.151. The van der Waals surface area contributed by atoms with Crippen molar-refractivity contribution in [3.8, 4) is 0 Å². The van der Waals surface area contributed by atoms with Gasteiger partial charge in [-0.15, -0.1) is 0 Å². The van der Waals surface area contributed by atoms with Gasteiger partial charge in [0.15, 0.2) is 0 Å². The second-order valence-electron chi connectivity index (χ2n) is 3.38. The van der Waals surface area contributed by atoms with Crippen LogP contribution < -0.4 is 5.32 Å². The highest BCUT2D eigenvalue weighted by molar-refractivity contribution is 9.10. The molecule has 2 aromatic heterocycles. The van der Waals surface area contributed by atoms with E-state index in [-0.39, 0.29) is 5.91 Å². The first-order valence-electron chi connectivity index (χ1n) is 5.05. The first-order valence-corrected chi connectivity index (χ1v) is 5.84. The summed E-state index contributed by atoms with van der Waals surface area (Å²) < 4.78 is 0.548. The largest absolute Gasteiger partial charge is 0.348 e. The van der Waals surface area contributed by atoms with Crippen LogP contribution in [0.1, 0.15) is 15.9 Å². The maximum absolute atomic E-state index is 11.8. The summed E-state index contributed by atoms with van der Waals surface area (Å²) in [6, 6.07) is 7.17. The number of carbonyl (C=O) groups excluding carboxylic acids is 1. The fourth-order valence-electron chi connectivity index (χ4n) is 1.33. The summed E-state index contributed by atoms with van der Waals surface area (Å²) in [4.78, 5) is 19.8. The van der Waals surface area contributed by atoms with Crippen LogP contribution in [0.5, 0.6) is 0 Å². The minimum absolute atomic E-state index is 0.151. The molecule has 0 aliphatic heterocycles. The fraction of sp³-hybridized carbons (Fsp3) is 0.0833. The van der Waals surface area contributed by atoms with Crippen molar-refractivity contribution in [3.05, 3.63) is 58.6 Å². The number of aromatic nitrogens is 2. The Morgan fingerprint density at radius 1 is 1.24 bits per heavy atom. The molecule has 4 nitrogen and oxygen atoms in total. The van der Waals surface area contributed by atoms with E-state index in [1.807, 2.05) is 12.1 Å². The van der Waals surface area contributed by atoms with E-state index in [2.05, 4.69) is 31.2 Å². The monoisotopic (exact) mass is 291 g/mol. The molecular weight excluding hydrogens is 282 g/mol. The first-order chi connectivity index (χ1) is 8.27. The highest BCUT2D eigenvalue weighted by atomic mass is 79.9. The summed E-state index contributed by atoms with van der Waals surface area (Å²) in [6.07, 6.45) is 5.02. The quantitative estimate of drug-likeness (QED) is 0.882. The van der Waals surface area contributed by atoms with Crippen molar-refractivity contribution in [2.75, 3.05) is 0 Å². The van der Waals surface area contributed by atoms with E-state index >= 15 is 0 Å². The molecule has 0 atom stereocenters. The lowest BCUT2D eigenvalue weighted by Gasteiger charge is -2.05. The topological polar surface area (TPSA) is 54.9 Å². The van der Waals surface area contributed by atoms with Gasteiger partial charge in [0.1, 0.15) is 4.60 Å². The molecule has 2 heterocycles. The molecule has 1 amide bonds. The van der Waals surface area contributed by atoms with Gasteiger partial charge in [0.05, 0.1) is 5.56 Å². The van der Waals surface area contributed by atoms with E-state index in [4.69, 9.17) is 0 Å². The van der Waals surface area contributed by atoms with Gasteiger partial charge >= 0.3 is 0 Å². The van der Waals surface area contributed by atoms with Crippen LogP contribution in [-0.4, -0.2) is 15.9 Å². The van der Waals surface area contributed by atoms with Crippen molar-refractivity contribution < 1.29 is 4.79 Å². The molecule has 17 heavy (non-hydrogen) atoms. The Morgan fingerprint density at radius 3 is 2.71 bits per heavy atom. The van der Waals surface area contributed by atoms with Gasteiger partial charge in [-0.25, -0.2) is 4.98 Å². The zero-order chi connectivity index (χ0) is 12.1. The average Bonchev–Trinajstić information content (AvgIpc) is 2.38. The number of hydrogen-bond acceptors (Lipinski definition) is 3. The van der Waals surface area contributed by atoms with Gasteiger partial charge in [0, 0.05) is 25.1 Å². The van der Waals surface area contributed by atoms with Crippen molar-refractivity contribution in [3.63, 3.8) is 0 Å². The zero-order valence-corrected chi connectivity index (χ0v) is 10.5. The molecule has 0 radical (unpaired) electrons. The molecule has 0 saturated carbocycles. The van der Waals surface area contributed by atoms with Gasteiger partial charge in [-0.2, -0.15) is 0 Å². The maximum atomic E-state index is 11.8. The van der Waals surface area contributed by atoms with Crippen LogP contribution in [0.4, 0.5) is 0 Å². The molecule has 0 fully saturated rings. The molecule has 0 aliphatic carbocycles. The summed E-state index contributed by atoms with van der Waals surface area (Å²) in [5, 5.41) is 2.82. The Morgan fingerprint density at radius 2 is 2.00 bits per heavy atom. The molecule has 1 N–H and O–H groups in total. The summed E-state index contributed by atoms with van der Waals surface area (Å²) in [7, 11) is 0. The van der Waals surface area contributed by atoms with Crippen LogP contribution in [0.3, 0.4) is 0 Å². The number of rotatable bonds is 3. The highest BCUT2D eigenvalue weighted by Gasteiger charge is 2.09. The number of amides is 1. The number of carbonyl (C=O) groups is 1. The Balaban J connectivity index is 2.01. The van der Waals surface area contributed by atoms with Crippen molar-refractivity contribution >= 4 is 21.8 Å².